The van der Waals surface area contributed by atoms with Crippen molar-refractivity contribution < 1.29 is 55.7 Å². The molecule has 0 saturated heterocycles. The number of nitrogens with one attached hydrogen (secondary N) is 3. The van der Waals surface area contributed by atoms with Crippen molar-refractivity contribution in [1.82, 2.24) is 24.8 Å². The summed E-state index contributed by atoms with van der Waals surface area (Å²) in [5.41, 5.74) is 9.23. The van der Waals surface area contributed by atoms with Gasteiger partial charge < -0.3 is 40.6 Å². The number of pyridine rings is 2. The van der Waals surface area contributed by atoms with E-state index in [4.69, 9.17) is 24.7 Å². The Bertz CT molecular complexity index is 2970. The number of alkyl carbamates (subject to hydrolysis) is 1. The van der Waals surface area contributed by atoms with E-state index in [2.05, 4.69) is 30.9 Å². The van der Waals surface area contributed by atoms with Gasteiger partial charge in [-0.05, 0) is 110 Å². The molecule has 2 atom stereocenters. The van der Waals surface area contributed by atoms with Crippen LogP contribution < -0.4 is 31.2 Å². The van der Waals surface area contributed by atoms with Crippen molar-refractivity contribution in [2.75, 3.05) is 23.8 Å². The number of aryl methyl sites for hydroxylation is 2. The number of fused-ring (bicyclic) bond motifs is 2. The molecule has 5 N–H and O–H groups in total. The predicted molar refractivity (Wildman–Crippen MR) is 248 cm³/mol. The number of ether oxygens (including phenoxy) is 4. The summed E-state index contributed by atoms with van der Waals surface area (Å²) in [7, 11) is 0. The molecule has 2 aliphatic heterocycles. The van der Waals surface area contributed by atoms with Gasteiger partial charge in [0, 0.05) is 36.2 Å². The third-order valence-corrected chi connectivity index (χ3v) is 10.3. The van der Waals surface area contributed by atoms with E-state index in [1.165, 1.54) is 77.9 Å². The summed E-state index contributed by atoms with van der Waals surface area (Å²) in [6, 6.07) is 22.6. The van der Waals surface area contributed by atoms with Crippen molar-refractivity contribution in [3.8, 4) is 11.5 Å². The van der Waals surface area contributed by atoms with E-state index in [1.54, 1.807) is 56.6 Å². The van der Waals surface area contributed by atoms with Gasteiger partial charge in [-0.1, -0.05) is 12.1 Å². The highest BCUT2D eigenvalue weighted by molar-refractivity contribution is 6.07. The minimum Gasteiger partial charge on any atom is -0.490 e. The fourth-order valence-corrected chi connectivity index (χ4v) is 6.82. The molecule has 16 nitrogen and oxygen atoms in total. The van der Waals surface area contributed by atoms with Crippen LogP contribution in [0.25, 0.3) is 0 Å². The van der Waals surface area contributed by atoms with Crippen LogP contribution in [-0.4, -0.2) is 56.7 Å². The van der Waals surface area contributed by atoms with Gasteiger partial charge in [0.1, 0.15) is 67.5 Å². The van der Waals surface area contributed by atoms with Crippen molar-refractivity contribution in [3.63, 3.8) is 0 Å². The molecule has 0 radical (unpaired) electrons. The molecule has 2 unspecified atom stereocenters. The van der Waals surface area contributed by atoms with Crippen molar-refractivity contribution in [2.45, 2.75) is 39.1 Å². The number of carbonyl (C=O) groups excluding carboxylic acids is 4. The molecule has 70 heavy (non-hydrogen) atoms. The van der Waals surface area contributed by atoms with Crippen LogP contribution in [0.2, 0.25) is 0 Å². The Morgan fingerprint density at radius 2 is 1.19 bits per heavy atom. The zero-order valence-corrected chi connectivity index (χ0v) is 38.0. The molecule has 3 amide bonds. The van der Waals surface area contributed by atoms with E-state index < -0.39 is 53.5 Å². The maximum absolute atomic E-state index is 14.6. The standard InChI is InChI=1S/C23H19F2N3O4.C16H14F2N2O2.C10H9N3O2.ClH/c1-13-10-14(5-7-17(13)24)27-22(29)16-6-8-18(25)20-19(12-31-21(16)20)28-23(30)32-11-15-4-2-3-9-26-15;1-8-6-9(2-4-11(8)17)20-16(21)10-3-5-12(18)14-13(19)7-22-15(10)14;14-10(13-6-5-11-8-13)15-7-9-3-1-2-4-12-9;/h2-10,19H,11-12H2,1H3,(H,27,29)(H,28,30);2-6,13H,7,19H2,1H3,(H,20,21);1-6,8H,7H2;1H. The lowest BCUT2D eigenvalue weighted by atomic mass is 10.0. The molecule has 0 bridgehead atoms. The van der Waals surface area contributed by atoms with Crippen LogP contribution >= 0.6 is 12.4 Å². The highest BCUT2D eigenvalue weighted by atomic mass is 35.5. The van der Waals surface area contributed by atoms with Gasteiger partial charge in [0.2, 0.25) is 0 Å². The molecule has 0 aliphatic carbocycles. The Labute approximate surface area is 403 Å². The normalized spacial score (nSPS) is 13.7. The lowest BCUT2D eigenvalue weighted by molar-refractivity contribution is 0.101. The second-order valence-electron chi connectivity index (χ2n) is 15.2. The Morgan fingerprint density at radius 3 is 1.70 bits per heavy atom. The topological polar surface area (TPSA) is 211 Å². The van der Waals surface area contributed by atoms with Crippen molar-refractivity contribution in [2.24, 2.45) is 5.73 Å². The zero-order chi connectivity index (χ0) is 49.0. The number of aromatic nitrogens is 4. The predicted octanol–water partition coefficient (Wildman–Crippen LogP) is 9.08. The molecule has 0 fully saturated rings. The van der Waals surface area contributed by atoms with Crippen molar-refractivity contribution in [3.05, 3.63) is 196 Å². The van der Waals surface area contributed by atoms with Crippen LogP contribution in [0.4, 0.5) is 38.5 Å². The minimum absolute atomic E-state index is 0. The summed E-state index contributed by atoms with van der Waals surface area (Å²) in [5.74, 6) is -2.66. The number of nitrogens with two attached hydrogens (primary N) is 1. The molecule has 5 heterocycles. The number of halogens is 5. The second kappa shape index (κ2) is 23.6. The fourth-order valence-electron chi connectivity index (χ4n) is 6.82. The largest absolute Gasteiger partial charge is 0.490 e. The molecule has 3 aromatic heterocycles. The first kappa shape index (κ1) is 51.0. The maximum Gasteiger partial charge on any atom is 0.419 e. The van der Waals surface area contributed by atoms with Crippen molar-refractivity contribution >= 4 is 47.8 Å². The molecule has 21 heteroatoms. The molecule has 7 aromatic rings. The molecule has 9 rings (SSSR count). The Kier molecular flexibility index (Phi) is 17.2. The molecule has 0 spiro atoms. The van der Waals surface area contributed by atoms with E-state index in [1.807, 2.05) is 6.07 Å². The monoisotopic (exact) mass is 982 g/mol. The van der Waals surface area contributed by atoms with E-state index in [0.29, 0.717) is 33.9 Å². The average molecular weight is 983 g/mol. The Hall–Kier alpha value is -8.36. The van der Waals surface area contributed by atoms with Crippen molar-refractivity contribution in [1.29, 1.82) is 0 Å². The van der Waals surface area contributed by atoms with Gasteiger partial charge in [-0.3, -0.25) is 19.6 Å². The zero-order valence-electron chi connectivity index (χ0n) is 37.2. The van der Waals surface area contributed by atoms with Gasteiger partial charge in [-0.25, -0.2) is 36.7 Å². The van der Waals surface area contributed by atoms with Gasteiger partial charge in [-0.15, -0.1) is 12.4 Å². The lowest BCUT2D eigenvalue weighted by Gasteiger charge is -2.13. The number of rotatable bonds is 9. The summed E-state index contributed by atoms with van der Waals surface area (Å²) < 4.78 is 77.3. The van der Waals surface area contributed by atoms with E-state index in [0.717, 1.165) is 6.07 Å². The summed E-state index contributed by atoms with van der Waals surface area (Å²) >= 11 is 0. The van der Waals surface area contributed by atoms with Crippen LogP contribution in [0.3, 0.4) is 0 Å². The molecule has 4 aromatic carbocycles. The third kappa shape index (κ3) is 12.8. The number of hydrogen-bond donors (Lipinski definition) is 4. The van der Waals surface area contributed by atoms with Crippen LogP contribution in [0, 0.1) is 37.1 Å². The van der Waals surface area contributed by atoms with E-state index in [9.17, 15) is 36.7 Å². The summed E-state index contributed by atoms with van der Waals surface area (Å²) in [6.07, 6.45) is 6.43. The van der Waals surface area contributed by atoms with Gasteiger partial charge in [0.05, 0.1) is 45.7 Å². The van der Waals surface area contributed by atoms with Gasteiger partial charge >= 0.3 is 12.2 Å². The molecular weight excluding hydrogens is 940 g/mol. The minimum atomic E-state index is -0.831. The van der Waals surface area contributed by atoms with Crippen LogP contribution in [0.5, 0.6) is 11.5 Å². The van der Waals surface area contributed by atoms with Crippen LogP contribution in [-0.2, 0) is 22.7 Å². The van der Waals surface area contributed by atoms with Gasteiger partial charge in [0.15, 0.2) is 0 Å². The van der Waals surface area contributed by atoms with E-state index >= 15 is 0 Å². The molecule has 2 aliphatic rings. The lowest BCUT2D eigenvalue weighted by Crippen LogP contribution is -2.30. The first-order chi connectivity index (χ1) is 33.2. The highest BCUT2D eigenvalue weighted by Gasteiger charge is 2.34. The van der Waals surface area contributed by atoms with Crippen LogP contribution in [0.1, 0.15) is 66.4 Å². The Balaban J connectivity index is 0.000000183. The Morgan fingerprint density at radius 1 is 0.671 bits per heavy atom. The van der Waals surface area contributed by atoms with Gasteiger partial charge in [0.25, 0.3) is 11.8 Å². The third-order valence-electron chi connectivity index (χ3n) is 10.3. The van der Waals surface area contributed by atoms with Gasteiger partial charge in [-0.2, -0.15) is 0 Å². The molecular formula is C49H43ClF4N8O8. The second-order valence-corrected chi connectivity index (χ2v) is 15.2. The SMILES string of the molecule is Cc1cc(NC(=O)c2ccc(F)c3c2OCC3N)ccc1F.Cc1cc(NC(=O)c2ccc(F)c3c2OCC3NC(=O)OCc2ccccn2)ccc1F.Cl.O=C(OCc1ccccn1)n1ccnc1. The maximum atomic E-state index is 14.6. The number of amides is 3. The number of nitrogens with zero attached hydrogens (tertiary/aromatic N) is 4. The first-order valence-corrected chi connectivity index (χ1v) is 20.9. The van der Waals surface area contributed by atoms with E-state index in [-0.39, 0.29) is 78.4 Å². The number of hydrogen-bond acceptors (Lipinski definition) is 12. The number of anilines is 2. The van der Waals surface area contributed by atoms with Crippen LogP contribution in [0.15, 0.2) is 128 Å². The summed E-state index contributed by atoms with van der Waals surface area (Å²) in [4.78, 5) is 60.4. The number of benzene rings is 4. The fraction of sp³-hybridized carbons (Fsp3) is 0.163. The average Bonchev–Trinajstić information content (AvgIpc) is 4.13. The number of carbonyl (C=O) groups is 4. The smallest absolute Gasteiger partial charge is 0.419 e. The summed E-state index contributed by atoms with van der Waals surface area (Å²) in [6.45, 7) is 3.36. The molecule has 0 saturated carbocycles. The number of imidazole rings is 1. The summed E-state index contributed by atoms with van der Waals surface area (Å²) in [5, 5.41) is 7.83. The quantitative estimate of drug-likeness (QED) is 0.0999. The first-order valence-electron chi connectivity index (χ1n) is 20.9. The molecule has 362 valence electrons. The highest BCUT2D eigenvalue weighted by Crippen LogP contribution is 2.39.